The van der Waals surface area contributed by atoms with Crippen LogP contribution in [0.3, 0.4) is 0 Å². The van der Waals surface area contributed by atoms with Crippen molar-refractivity contribution in [1.82, 2.24) is 0 Å². The van der Waals surface area contributed by atoms with Gasteiger partial charge in [-0.15, -0.1) is 0 Å². The first kappa shape index (κ1) is 58.4. The molecule has 86 heavy (non-hydrogen) atoms. The van der Waals surface area contributed by atoms with Gasteiger partial charge in [-0.3, -0.25) is 59.0 Å². The van der Waals surface area contributed by atoms with Gasteiger partial charge in [0.1, 0.15) is 34.1 Å². The predicted molar refractivity (Wildman–Crippen MR) is 330 cm³/mol. The quantitative estimate of drug-likeness (QED) is 0.0129. The van der Waals surface area contributed by atoms with E-state index in [4.69, 9.17) is 24.4 Å². The van der Waals surface area contributed by atoms with Gasteiger partial charge in [-0.25, -0.2) is 0 Å². The number of nitro groups is 2. The highest BCUT2D eigenvalue weighted by molar-refractivity contribution is 7.81. The molecular formula is C64H40N8O12S2. The standard InChI is InChI=1S/C40H26N4O6S2.C24H14N4O6/c45-33-24-26(22-32-37(49)43(29-17-9-3-10-18-29)40(52)44(38(32)50)30-19-11-4-12-20-30)34(46)23-25(33)21-31-35(47)41(27-13-5-1-6-14-27)39(51)42(36(31)48)28-15-7-2-8-16-28;25-13-19(15-1-5-21(6-2-15)27(31)32)9-17-11-24(30)18(12-23(17)29)10-20(14-26)16-3-7-22(8-4-16)28(33)34/h1-24,45-46H;1-12,29-30H/b;19-9+,20-10+. The van der Waals surface area contributed by atoms with Crippen molar-refractivity contribution in [2.75, 3.05) is 19.6 Å². The normalized spacial score (nSPS) is 13.6. The molecule has 0 saturated carbocycles. The van der Waals surface area contributed by atoms with Crippen molar-refractivity contribution in [2.24, 2.45) is 0 Å². The lowest BCUT2D eigenvalue weighted by atomic mass is 9.99. The van der Waals surface area contributed by atoms with E-state index in [9.17, 15) is 70.4 Å². The number of hydrogen-bond acceptors (Lipinski definition) is 16. The molecule has 4 N–H and O–H groups in total. The van der Waals surface area contributed by atoms with Gasteiger partial charge in [-0.05, 0) is 157 Å². The number of nitrogens with zero attached hydrogens (tertiary/aromatic N) is 8. The van der Waals surface area contributed by atoms with E-state index in [0.29, 0.717) is 33.9 Å². The van der Waals surface area contributed by atoms with E-state index in [1.54, 1.807) is 121 Å². The van der Waals surface area contributed by atoms with Gasteiger partial charge in [0.25, 0.3) is 35.0 Å². The molecule has 2 fully saturated rings. The second kappa shape index (κ2) is 25.3. The maximum absolute atomic E-state index is 13.9. The molecule has 4 amide bonds. The van der Waals surface area contributed by atoms with E-state index in [1.165, 1.54) is 92.4 Å². The first-order valence-electron chi connectivity index (χ1n) is 25.3. The molecule has 2 aliphatic rings. The third-order valence-electron chi connectivity index (χ3n) is 13.1. The Labute approximate surface area is 499 Å². The van der Waals surface area contributed by atoms with E-state index in [0.717, 1.165) is 24.3 Å². The maximum atomic E-state index is 13.9. The number of para-hydroxylation sites is 4. The summed E-state index contributed by atoms with van der Waals surface area (Å²) in [6, 6.07) is 53.4. The third-order valence-corrected chi connectivity index (χ3v) is 13.9. The van der Waals surface area contributed by atoms with Gasteiger partial charge >= 0.3 is 0 Å². The Bertz CT molecular complexity index is 3910. The second-order valence-electron chi connectivity index (χ2n) is 18.5. The van der Waals surface area contributed by atoms with Crippen molar-refractivity contribution in [1.29, 1.82) is 10.5 Å². The fourth-order valence-electron chi connectivity index (χ4n) is 8.87. The molecule has 0 aliphatic carbocycles. The molecule has 2 heterocycles. The van der Waals surface area contributed by atoms with Crippen molar-refractivity contribution < 1.29 is 49.5 Å². The molecular weight excluding hydrogens is 1140 g/mol. The number of carbonyl (C=O) groups is 4. The molecule has 0 aromatic heterocycles. The summed E-state index contributed by atoms with van der Waals surface area (Å²) in [5.41, 5.74) is 1.71. The Balaban J connectivity index is 0.000000225. The number of aromatic hydroxyl groups is 4. The Morgan fingerprint density at radius 1 is 0.407 bits per heavy atom. The highest BCUT2D eigenvalue weighted by atomic mass is 32.1. The number of hydrogen-bond donors (Lipinski definition) is 4. The number of carbonyl (C=O) groups excluding carboxylic acids is 4. The minimum Gasteiger partial charge on any atom is -0.507 e. The number of thiocarbonyl (C=S) groups is 2. The van der Waals surface area contributed by atoms with Crippen molar-refractivity contribution in [3.63, 3.8) is 0 Å². The van der Waals surface area contributed by atoms with Gasteiger partial charge in [0.2, 0.25) is 0 Å². The topological polar surface area (TPSA) is 296 Å². The molecule has 8 aromatic carbocycles. The number of rotatable bonds is 12. The predicted octanol–water partition coefficient (Wildman–Crippen LogP) is 11.6. The summed E-state index contributed by atoms with van der Waals surface area (Å²) in [4.78, 5) is 81.0. The number of allylic oxidation sites excluding steroid dienone is 2. The molecule has 0 spiro atoms. The molecule has 2 saturated heterocycles. The number of nitro benzene ring substituents is 2. The molecule has 10 rings (SSSR count). The molecule has 0 unspecified atom stereocenters. The number of phenolic OH excluding ortho intramolecular Hbond substituents is 4. The number of nitriles is 2. The van der Waals surface area contributed by atoms with Crippen LogP contribution in [0.5, 0.6) is 23.0 Å². The Morgan fingerprint density at radius 2 is 0.651 bits per heavy atom. The SMILES string of the molecule is N#C/C(=C\c1cc(O)c(/C=C(\C#N)c2ccc([N+](=O)[O-])cc2)cc1O)c1ccc([N+](=O)[O-])cc1.O=C1C(=Cc2cc(O)c(C=C3C(=O)N(c4ccccc4)C(=S)N(c4ccccc4)C3=O)cc2O)C(=O)N(c2ccccc2)C(=S)N1c1ccccc1. The summed E-state index contributed by atoms with van der Waals surface area (Å²) in [6.07, 6.45) is 4.94. The van der Waals surface area contributed by atoms with Crippen LogP contribution >= 0.6 is 24.4 Å². The number of amides is 4. The van der Waals surface area contributed by atoms with Crippen LogP contribution in [0, 0.1) is 42.9 Å². The number of benzene rings is 8. The Kier molecular flexibility index (Phi) is 17.2. The lowest BCUT2D eigenvalue weighted by Gasteiger charge is -2.36. The summed E-state index contributed by atoms with van der Waals surface area (Å²) in [5.74, 6) is -4.45. The average Bonchev–Trinajstić information content (AvgIpc) is 0.915. The molecule has 2 aliphatic heterocycles. The van der Waals surface area contributed by atoms with Gasteiger partial charge in [0.05, 0.1) is 55.9 Å². The van der Waals surface area contributed by atoms with Crippen molar-refractivity contribution in [3.05, 3.63) is 259 Å². The summed E-state index contributed by atoms with van der Waals surface area (Å²) < 4.78 is 0. The van der Waals surface area contributed by atoms with E-state index in [-0.39, 0.29) is 77.6 Å². The number of phenols is 4. The molecule has 0 radical (unpaired) electrons. The van der Waals surface area contributed by atoms with Crippen LogP contribution in [0.1, 0.15) is 33.4 Å². The van der Waals surface area contributed by atoms with Gasteiger partial charge in [0.15, 0.2) is 10.2 Å². The number of non-ortho nitro benzene ring substituents is 2. The smallest absolute Gasteiger partial charge is 0.270 e. The van der Waals surface area contributed by atoms with Gasteiger partial charge in [0, 0.05) is 46.5 Å². The van der Waals surface area contributed by atoms with E-state index in [1.807, 2.05) is 12.1 Å². The van der Waals surface area contributed by atoms with Crippen LogP contribution in [0.15, 0.2) is 205 Å². The zero-order chi connectivity index (χ0) is 61.3. The second-order valence-corrected chi connectivity index (χ2v) is 19.2. The lowest BCUT2D eigenvalue weighted by molar-refractivity contribution is -0.385. The molecule has 0 bridgehead atoms. The number of anilines is 4. The maximum Gasteiger partial charge on any atom is 0.270 e. The highest BCUT2D eigenvalue weighted by Gasteiger charge is 2.43. The van der Waals surface area contributed by atoms with Crippen LogP contribution in [0.2, 0.25) is 0 Å². The molecule has 20 nitrogen and oxygen atoms in total. The van der Waals surface area contributed by atoms with Crippen LogP contribution in [0.25, 0.3) is 35.5 Å². The molecule has 420 valence electrons. The first-order valence-corrected chi connectivity index (χ1v) is 26.1. The van der Waals surface area contributed by atoms with Crippen molar-refractivity contribution in [3.8, 4) is 35.1 Å². The molecule has 22 heteroatoms. The summed E-state index contributed by atoms with van der Waals surface area (Å²) in [7, 11) is 0. The minimum atomic E-state index is -0.741. The van der Waals surface area contributed by atoms with E-state index in [2.05, 4.69) is 0 Å². The lowest BCUT2D eigenvalue weighted by Crippen LogP contribution is -2.56. The van der Waals surface area contributed by atoms with Gasteiger partial charge < -0.3 is 20.4 Å². The van der Waals surface area contributed by atoms with Crippen LogP contribution in [-0.4, -0.2) is 64.1 Å². The fourth-order valence-corrected chi connectivity index (χ4v) is 9.62. The van der Waals surface area contributed by atoms with Gasteiger partial charge in [-0.2, -0.15) is 10.5 Å². The molecule has 8 aromatic rings. The summed E-state index contributed by atoms with van der Waals surface area (Å²) >= 11 is 11.3. The zero-order valence-corrected chi connectivity index (χ0v) is 45.9. The van der Waals surface area contributed by atoms with E-state index >= 15 is 0 Å². The zero-order valence-electron chi connectivity index (χ0n) is 44.2. The van der Waals surface area contributed by atoms with Crippen molar-refractivity contribution >= 4 is 128 Å². The summed E-state index contributed by atoms with van der Waals surface area (Å²) in [6.45, 7) is 0. The Morgan fingerprint density at radius 3 is 0.895 bits per heavy atom. The minimum absolute atomic E-state index is 0.0611. The van der Waals surface area contributed by atoms with E-state index < -0.39 is 45.0 Å². The largest absolute Gasteiger partial charge is 0.507 e. The van der Waals surface area contributed by atoms with Crippen molar-refractivity contribution in [2.45, 2.75) is 0 Å². The monoisotopic (exact) mass is 1180 g/mol. The first-order chi connectivity index (χ1) is 41.4. The average molecular weight is 1180 g/mol. The van der Waals surface area contributed by atoms with Crippen LogP contribution < -0.4 is 19.6 Å². The fraction of sp³-hybridized carbons (Fsp3) is 0. The van der Waals surface area contributed by atoms with Gasteiger partial charge in [-0.1, -0.05) is 72.8 Å². The molecule has 0 atom stereocenters. The third kappa shape index (κ3) is 12.2. The van der Waals surface area contributed by atoms with Crippen LogP contribution in [0.4, 0.5) is 34.1 Å². The van der Waals surface area contributed by atoms with Crippen LogP contribution in [-0.2, 0) is 19.2 Å². The highest BCUT2D eigenvalue weighted by Crippen LogP contribution is 2.38. The summed E-state index contributed by atoms with van der Waals surface area (Å²) in [5, 5.41) is 83.8. The Hall–Kier alpha value is -12.2.